The van der Waals surface area contributed by atoms with Crippen LogP contribution >= 0.6 is 23.6 Å². The van der Waals surface area contributed by atoms with E-state index in [9.17, 15) is 4.79 Å². The topological polar surface area (TPSA) is 53.2 Å². The zero-order chi connectivity index (χ0) is 18.5. The van der Waals surface area contributed by atoms with Gasteiger partial charge in [-0.1, -0.05) is 49.6 Å². The van der Waals surface area contributed by atoms with Crippen molar-refractivity contribution in [1.82, 2.24) is 16.2 Å². The minimum Gasteiger partial charge on any atom is -0.358 e. The normalized spacial score (nSPS) is 19.6. The molecule has 2 atom stereocenters. The molecule has 0 aliphatic heterocycles. The van der Waals surface area contributed by atoms with Gasteiger partial charge in [0.1, 0.15) is 4.88 Å². The molecule has 3 N–H and O–H groups in total. The fraction of sp³-hybridized carbons (Fsp3) is 0.400. The predicted octanol–water partition coefficient (Wildman–Crippen LogP) is 4.41. The van der Waals surface area contributed by atoms with Crippen molar-refractivity contribution in [3.05, 3.63) is 46.2 Å². The second kappa shape index (κ2) is 8.64. The maximum absolute atomic E-state index is 12.6. The van der Waals surface area contributed by atoms with Crippen LogP contribution < -0.4 is 16.2 Å². The largest absolute Gasteiger partial charge is 0.358 e. The Labute approximate surface area is 164 Å². The first-order chi connectivity index (χ1) is 12.5. The Kier molecular flexibility index (Phi) is 6.27. The van der Waals surface area contributed by atoms with E-state index < -0.39 is 0 Å². The SMILES string of the molecule is Cc1ccc(-c2ccsc2C(=O)NNC(=S)N[C@@H]2CCCC[C@H]2C)cc1. The molecule has 1 aromatic carbocycles. The number of rotatable bonds is 3. The first kappa shape index (κ1) is 18.9. The maximum Gasteiger partial charge on any atom is 0.280 e. The quantitative estimate of drug-likeness (QED) is 0.539. The summed E-state index contributed by atoms with van der Waals surface area (Å²) in [7, 11) is 0. The van der Waals surface area contributed by atoms with Crippen molar-refractivity contribution in [1.29, 1.82) is 0 Å². The molecule has 0 spiro atoms. The number of nitrogens with one attached hydrogen (secondary N) is 3. The zero-order valence-electron chi connectivity index (χ0n) is 15.2. The molecule has 0 bridgehead atoms. The predicted molar refractivity (Wildman–Crippen MR) is 112 cm³/mol. The second-order valence-corrected chi connectivity index (χ2v) is 8.27. The molecule has 0 radical (unpaired) electrons. The van der Waals surface area contributed by atoms with Crippen LogP contribution in [0.3, 0.4) is 0 Å². The molecule has 138 valence electrons. The highest BCUT2D eigenvalue weighted by atomic mass is 32.1. The number of carbonyl (C=O) groups excluding carboxylic acids is 1. The molecule has 4 nitrogen and oxygen atoms in total. The summed E-state index contributed by atoms with van der Waals surface area (Å²) in [6.45, 7) is 4.30. The summed E-state index contributed by atoms with van der Waals surface area (Å²) >= 11 is 6.77. The Balaban J connectivity index is 1.58. The molecule has 3 rings (SSSR count). The van der Waals surface area contributed by atoms with Crippen molar-refractivity contribution < 1.29 is 4.79 Å². The smallest absolute Gasteiger partial charge is 0.280 e. The molecule has 2 aromatic rings. The molecule has 1 fully saturated rings. The summed E-state index contributed by atoms with van der Waals surface area (Å²) < 4.78 is 0. The summed E-state index contributed by atoms with van der Waals surface area (Å²) in [5.41, 5.74) is 8.76. The number of thiophene rings is 1. The van der Waals surface area contributed by atoms with Crippen LogP contribution in [0.4, 0.5) is 0 Å². The van der Waals surface area contributed by atoms with E-state index in [1.54, 1.807) is 0 Å². The Bertz CT molecular complexity index is 770. The lowest BCUT2D eigenvalue weighted by Gasteiger charge is -2.30. The van der Waals surface area contributed by atoms with Crippen molar-refractivity contribution >= 4 is 34.6 Å². The first-order valence-electron chi connectivity index (χ1n) is 9.06. The van der Waals surface area contributed by atoms with Gasteiger partial charge in [0, 0.05) is 11.6 Å². The molecular formula is C20H25N3OS2. The third-order valence-electron chi connectivity index (χ3n) is 4.95. The van der Waals surface area contributed by atoms with Crippen molar-refractivity contribution in [3.8, 4) is 11.1 Å². The van der Waals surface area contributed by atoms with E-state index in [1.165, 1.54) is 36.2 Å². The van der Waals surface area contributed by atoms with Crippen LogP contribution in [0.5, 0.6) is 0 Å². The molecule has 1 aromatic heterocycles. The van der Waals surface area contributed by atoms with Gasteiger partial charge in [-0.3, -0.25) is 15.6 Å². The molecule has 1 aliphatic rings. The van der Waals surface area contributed by atoms with Crippen molar-refractivity contribution in [3.63, 3.8) is 0 Å². The third kappa shape index (κ3) is 4.62. The van der Waals surface area contributed by atoms with E-state index in [2.05, 4.69) is 42.1 Å². The Morgan fingerprint density at radius 1 is 1.12 bits per heavy atom. The van der Waals surface area contributed by atoms with Gasteiger partial charge in [-0.15, -0.1) is 11.3 Å². The van der Waals surface area contributed by atoms with E-state index in [0.717, 1.165) is 17.5 Å². The lowest BCUT2D eigenvalue weighted by molar-refractivity contribution is 0.0948. The molecule has 0 saturated heterocycles. The van der Waals surface area contributed by atoms with Gasteiger partial charge in [0.2, 0.25) is 0 Å². The summed E-state index contributed by atoms with van der Waals surface area (Å²) in [5.74, 6) is 0.432. The van der Waals surface area contributed by atoms with Gasteiger partial charge in [-0.2, -0.15) is 0 Å². The van der Waals surface area contributed by atoms with Crippen LogP contribution in [0, 0.1) is 12.8 Å². The van der Waals surface area contributed by atoms with Crippen molar-refractivity contribution in [2.24, 2.45) is 5.92 Å². The van der Waals surface area contributed by atoms with Crippen LogP contribution in [0.1, 0.15) is 47.8 Å². The number of benzene rings is 1. The molecule has 1 aliphatic carbocycles. The van der Waals surface area contributed by atoms with Crippen LogP contribution in [0.2, 0.25) is 0 Å². The molecule has 1 amide bonds. The second-order valence-electron chi connectivity index (χ2n) is 6.95. The van der Waals surface area contributed by atoms with Gasteiger partial charge in [0.25, 0.3) is 5.91 Å². The summed E-state index contributed by atoms with van der Waals surface area (Å²) in [6.07, 6.45) is 4.86. The highest BCUT2D eigenvalue weighted by Crippen LogP contribution is 2.28. The van der Waals surface area contributed by atoms with Crippen molar-refractivity contribution in [2.45, 2.75) is 45.6 Å². The fourth-order valence-corrected chi connectivity index (χ4v) is 4.36. The first-order valence-corrected chi connectivity index (χ1v) is 10.3. The highest BCUT2D eigenvalue weighted by Gasteiger charge is 2.22. The minimum atomic E-state index is -0.170. The van der Waals surface area contributed by atoms with E-state index in [0.29, 0.717) is 21.9 Å². The van der Waals surface area contributed by atoms with Crippen LogP contribution in [0.25, 0.3) is 11.1 Å². The summed E-state index contributed by atoms with van der Waals surface area (Å²) in [4.78, 5) is 13.3. The Morgan fingerprint density at radius 2 is 1.85 bits per heavy atom. The molecule has 0 unspecified atom stereocenters. The number of hydrogen-bond donors (Lipinski definition) is 3. The number of hydrazine groups is 1. The van der Waals surface area contributed by atoms with E-state index in [4.69, 9.17) is 12.2 Å². The van der Waals surface area contributed by atoms with Crippen LogP contribution in [-0.4, -0.2) is 17.1 Å². The van der Waals surface area contributed by atoms with Gasteiger partial charge < -0.3 is 5.32 Å². The summed E-state index contributed by atoms with van der Waals surface area (Å²) in [5, 5.41) is 5.74. The number of carbonyl (C=O) groups is 1. The fourth-order valence-electron chi connectivity index (χ4n) is 3.35. The van der Waals surface area contributed by atoms with Crippen molar-refractivity contribution in [2.75, 3.05) is 0 Å². The number of thiocarbonyl (C=S) groups is 1. The third-order valence-corrected chi connectivity index (χ3v) is 6.08. The van der Waals surface area contributed by atoms with Crippen LogP contribution in [-0.2, 0) is 0 Å². The average Bonchev–Trinajstić information content (AvgIpc) is 3.12. The van der Waals surface area contributed by atoms with Gasteiger partial charge in [-0.25, -0.2) is 0 Å². The number of aryl methyl sites for hydroxylation is 1. The Morgan fingerprint density at radius 3 is 2.58 bits per heavy atom. The van der Waals surface area contributed by atoms with E-state index in [-0.39, 0.29) is 5.91 Å². The number of amides is 1. The lowest BCUT2D eigenvalue weighted by atomic mass is 9.86. The molecule has 26 heavy (non-hydrogen) atoms. The average molecular weight is 388 g/mol. The van der Waals surface area contributed by atoms with E-state index >= 15 is 0 Å². The minimum absolute atomic E-state index is 0.170. The van der Waals surface area contributed by atoms with Crippen LogP contribution in [0.15, 0.2) is 35.7 Å². The van der Waals surface area contributed by atoms with Gasteiger partial charge in [-0.05, 0) is 54.9 Å². The van der Waals surface area contributed by atoms with Gasteiger partial charge in [0.05, 0.1) is 0 Å². The molecule has 1 heterocycles. The highest BCUT2D eigenvalue weighted by molar-refractivity contribution is 7.80. The molecule has 1 saturated carbocycles. The monoisotopic (exact) mass is 387 g/mol. The summed E-state index contributed by atoms with van der Waals surface area (Å²) in [6, 6.07) is 10.5. The number of hydrogen-bond acceptors (Lipinski definition) is 3. The van der Waals surface area contributed by atoms with Gasteiger partial charge >= 0.3 is 0 Å². The lowest BCUT2D eigenvalue weighted by Crippen LogP contribution is -2.51. The molecular weight excluding hydrogens is 362 g/mol. The molecule has 6 heteroatoms. The maximum atomic E-state index is 12.6. The zero-order valence-corrected chi connectivity index (χ0v) is 16.8. The standard InChI is InChI=1S/C20H25N3OS2/c1-13-7-9-15(10-8-13)16-11-12-26-18(16)19(24)22-23-20(25)21-17-6-4-3-5-14(17)2/h7-12,14,17H,3-6H2,1-2H3,(H,22,24)(H2,21,23,25)/t14-,17-/m1/s1. The van der Waals surface area contributed by atoms with Gasteiger partial charge in [0.15, 0.2) is 5.11 Å². The van der Waals surface area contributed by atoms with E-state index in [1.807, 2.05) is 23.6 Å². The Hall–Kier alpha value is -1.92.